The van der Waals surface area contributed by atoms with Crippen molar-refractivity contribution in [3.8, 4) is 0 Å². The maximum absolute atomic E-state index is 12.7. The first kappa shape index (κ1) is 10.5. The Morgan fingerprint density at radius 3 is 2.33 bits per heavy atom. The van der Waals surface area contributed by atoms with E-state index < -0.39 is 12.4 Å². The van der Waals surface area contributed by atoms with E-state index in [4.69, 9.17) is 0 Å². The molecule has 0 spiro atoms. The summed E-state index contributed by atoms with van der Waals surface area (Å²) in [6.07, 6.45) is -1.73. The number of hydrogen-bond acceptors (Lipinski definition) is 1. The molecule has 6 heteroatoms. The minimum Gasteiger partial charge on any atom is -0.227 e. The van der Waals surface area contributed by atoms with Crippen LogP contribution in [0.25, 0.3) is 0 Å². The predicted octanol–water partition coefficient (Wildman–Crippen LogP) is 3.37. The fraction of sp³-hybridized carbons (Fsp3) is 0.167. The molecule has 0 bridgehead atoms. The zero-order valence-corrected chi connectivity index (χ0v) is 9.81. The van der Waals surface area contributed by atoms with Gasteiger partial charge in [0.1, 0.15) is 0 Å². The summed E-state index contributed by atoms with van der Waals surface area (Å²) in [5.74, 6) is -0.704. The van der Waals surface area contributed by atoms with Crippen LogP contribution in [0.1, 0.15) is 12.0 Å². The summed E-state index contributed by atoms with van der Waals surface area (Å²) in [4.78, 5) is 3.20. The first-order chi connectivity index (χ1) is 5.54. The normalized spacial score (nSPS) is 10.8. The molecule has 0 saturated heterocycles. The molecule has 1 aromatic heterocycles. The van der Waals surface area contributed by atoms with Gasteiger partial charge in [-0.15, -0.1) is 0 Å². The van der Waals surface area contributed by atoms with E-state index in [0.29, 0.717) is 0 Å². The summed E-state index contributed by atoms with van der Waals surface area (Å²) < 4.78 is 37.4. The van der Waals surface area contributed by atoms with Gasteiger partial charge in [-0.3, -0.25) is 0 Å². The van der Waals surface area contributed by atoms with E-state index in [0.717, 1.165) is 6.20 Å². The summed E-state index contributed by atoms with van der Waals surface area (Å²) in [7, 11) is 0. The molecular formula is C6H2F3I2N. The van der Waals surface area contributed by atoms with Crippen molar-refractivity contribution in [3.05, 3.63) is 24.8 Å². The highest BCUT2D eigenvalue weighted by atomic mass is 127. The zero-order valence-electron chi connectivity index (χ0n) is 5.49. The van der Waals surface area contributed by atoms with Crippen LogP contribution in [0.15, 0.2) is 6.20 Å². The SMILES string of the molecule is Fc1ncc(C(F)F)c(I)c1I. The number of aromatic nitrogens is 1. The van der Waals surface area contributed by atoms with Gasteiger partial charge in [-0.05, 0) is 45.2 Å². The number of halogens is 5. The van der Waals surface area contributed by atoms with E-state index in [1.165, 1.54) is 0 Å². The predicted molar refractivity (Wildman–Crippen MR) is 54.6 cm³/mol. The van der Waals surface area contributed by atoms with Crippen LogP contribution in [-0.2, 0) is 0 Å². The third-order valence-electron chi connectivity index (χ3n) is 1.18. The van der Waals surface area contributed by atoms with E-state index in [-0.39, 0.29) is 12.7 Å². The van der Waals surface area contributed by atoms with Gasteiger partial charge in [-0.2, -0.15) is 4.39 Å². The van der Waals surface area contributed by atoms with E-state index in [1.807, 2.05) is 0 Å². The van der Waals surface area contributed by atoms with Crippen molar-refractivity contribution in [3.63, 3.8) is 0 Å². The Labute approximate surface area is 94.0 Å². The lowest BCUT2D eigenvalue weighted by Crippen LogP contribution is -1.98. The molecule has 1 heterocycles. The molecule has 1 nitrogen and oxygen atoms in total. The maximum atomic E-state index is 12.7. The van der Waals surface area contributed by atoms with Crippen molar-refractivity contribution in [2.75, 3.05) is 0 Å². The van der Waals surface area contributed by atoms with E-state index in [9.17, 15) is 13.2 Å². The molecule has 0 aliphatic heterocycles. The lowest BCUT2D eigenvalue weighted by atomic mass is 10.3. The lowest BCUT2D eigenvalue weighted by molar-refractivity contribution is 0.149. The number of nitrogens with zero attached hydrogens (tertiary/aromatic N) is 1. The van der Waals surface area contributed by atoms with Gasteiger partial charge >= 0.3 is 0 Å². The Hall–Kier alpha value is 0.400. The second-order valence-electron chi connectivity index (χ2n) is 1.93. The second kappa shape index (κ2) is 4.07. The molecule has 0 atom stereocenters. The van der Waals surface area contributed by atoms with E-state index in [1.54, 1.807) is 45.2 Å². The molecule has 0 aliphatic rings. The molecule has 0 saturated carbocycles. The van der Waals surface area contributed by atoms with Crippen LogP contribution in [0.5, 0.6) is 0 Å². The Balaban J connectivity index is 3.27. The van der Waals surface area contributed by atoms with Crippen LogP contribution in [0.2, 0.25) is 0 Å². The molecule has 0 amide bonds. The summed E-state index contributed by atoms with van der Waals surface area (Å²) in [6, 6.07) is 0. The highest BCUT2D eigenvalue weighted by molar-refractivity contribution is 14.1. The smallest absolute Gasteiger partial charge is 0.227 e. The van der Waals surface area contributed by atoms with Gasteiger partial charge in [-0.1, -0.05) is 0 Å². The average molecular weight is 399 g/mol. The fourth-order valence-electron chi connectivity index (χ4n) is 0.609. The van der Waals surface area contributed by atoms with E-state index >= 15 is 0 Å². The highest BCUT2D eigenvalue weighted by Gasteiger charge is 2.16. The van der Waals surface area contributed by atoms with E-state index in [2.05, 4.69) is 4.98 Å². The molecule has 0 aliphatic carbocycles. The molecule has 1 aromatic rings. The Morgan fingerprint density at radius 1 is 1.25 bits per heavy atom. The van der Waals surface area contributed by atoms with Gasteiger partial charge in [-0.25, -0.2) is 13.8 Å². The van der Waals surface area contributed by atoms with Crippen LogP contribution in [-0.4, -0.2) is 4.98 Å². The van der Waals surface area contributed by atoms with Crippen molar-refractivity contribution in [2.24, 2.45) is 0 Å². The van der Waals surface area contributed by atoms with Crippen LogP contribution in [0.3, 0.4) is 0 Å². The molecular weight excluding hydrogens is 397 g/mol. The Bertz CT molecular complexity index is 303. The first-order valence-corrected chi connectivity index (χ1v) is 4.97. The van der Waals surface area contributed by atoms with Gasteiger partial charge in [0.15, 0.2) is 0 Å². The van der Waals surface area contributed by atoms with Crippen molar-refractivity contribution in [2.45, 2.75) is 6.43 Å². The number of alkyl halides is 2. The molecule has 12 heavy (non-hydrogen) atoms. The third kappa shape index (κ3) is 2.01. The van der Waals surface area contributed by atoms with Crippen LogP contribution >= 0.6 is 45.2 Å². The monoisotopic (exact) mass is 399 g/mol. The summed E-state index contributed by atoms with van der Waals surface area (Å²) in [5, 5.41) is 0. The van der Waals surface area contributed by atoms with Gasteiger partial charge in [0, 0.05) is 9.77 Å². The van der Waals surface area contributed by atoms with Gasteiger partial charge in [0.05, 0.1) is 9.13 Å². The minimum atomic E-state index is -2.60. The molecule has 0 unspecified atom stereocenters. The summed E-state index contributed by atoms with van der Waals surface area (Å²) in [6.45, 7) is 0. The second-order valence-corrected chi connectivity index (χ2v) is 4.09. The van der Waals surface area contributed by atoms with Gasteiger partial charge in [0.25, 0.3) is 6.43 Å². The summed E-state index contributed by atoms with van der Waals surface area (Å²) in [5.41, 5.74) is -0.221. The molecule has 0 fully saturated rings. The van der Waals surface area contributed by atoms with Crippen molar-refractivity contribution in [1.82, 2.24) is 4.98 Å². The van der Waals surface area contributed by atoms with Crippen molar-refractivity contribution < 1.29 is 13.2 Å². The Kier molecular flexibility index (Phi) is 3.56. The van der Waals surface area contributed by atoms with Gasteiger partial charge in [0.2, 0.25) is 5.95 Å². The first-order valence-electron chi connectivity index (χ1n) is 2.81. The average Bonchev–Trinajstić information content (AvgIpc) is 2.00. The number of hydrogen-bond donors (Lipinski definition) is 0. The molecule has 0 aromatic carbocycles. The fourth-order valence-corrected chi connectivity index (χ4v) is 1.66. The van der Waals surface area contributed by atoms with Crippen LogP contribution in [0.4, 0.5) is 13.2 Å². The molecule has 1 rings (SSSR count). The van der Waals surface area contributed by atoms with Crippen LogP contribution < -0.4 is 0 Å². The lowest BCUT2D eigenvalue weighted by Gasteiger charge is -2.04. The van der Waals surface area contributed by atoms with Gasteiger partial charge < -0.3 is 0 Å². The third-order valence-corrected chi connectivity index (χ3v) is 4.36. The van der Waals surface area contributed by atoms with Crippen molar-refractivity contribution in [1.29, 1.82) is 0 Å². The highest BCUT2D eigenvalue weighted by Crippen LogP contribution is 2.27. The minimum absolute atomic E-state index is 0.144. The summed E-state index contributed by atoms with van der Waals surface area (Å²) >= 11 is 3.33. The Morgan fingerprint density at radius 2 is 1.83 bits per heavy atom. The molecule has 66 valence electrons. The zero-order chi connectivity index (χ0) is 9.30. The quantitative estimate of drug-likeness (QED) is 0.522. The number of pyridine rings is 1. The topological polar surface area (TPSA) is 12.9 Å². The van der Waals surface area contributed by atoms with Crippen LogP contribution in [0, 0.1) is 13.1 Å². The molecule has 0 radical (unpaired) electrons. The standard InChI is InChI=1S/C6H2F3I2N/c7-5(8)2-1-12-6(9)4(11)3(2)10/h1,5H. The number of rotatable bonds is 1. The molecule has 0 N–H and O–H groups in total. The largest absolute Gasteiger partial charge is 0.266 e. The van der Waals surface area contributed by atoms with Crippen molar-refractivity contribution >= 4 is 45.2 Å². The maximum Gasteiger partial charge on any atom is 0.266 e.